The number of nitrogens with zero attached hydrogens (tertiary/aromatic N) is 2. The molecular weight excluding hydrogens is 450 g/mol. The lowest BCUT2D eigenvalue weighted by atomic mass is 9.88. The Morgan fingerprint density at radius 3 is 2.71 bits per heavy atom. The van der Waals surface area contributed by atoms with Gasteiger partial charge in [0, 0.05) is 23.5 Å². The number of rotatable bonds is 7. The highest BCUT2D eigenvalue weighted by Crippen LogP contribution is 2.45. The predicted octanol–water partition coefficient (Wildman–Crippen LogP) is 4.98. The maximum absolute atomic E-state index is 12.8. The zero-order valence-corrected chi connectivity index (χ0v) is 20.2. The molecule has 7 nitrogen and oxygen atoms in total. The number of ether oxygens (including phenoxy) is 3. The summed E-state index contributed by atoms with van der Waals surface area (Å²) in [5, 5.41) is 2.01. The fraction of sp³-hybridized carbons (Fsp3) is 0.346. The van der Waals surface area contributed by atoms with E-state index in [4.69, 9.17) is 19.2 Å². The number of methoxy groups -OCH3 is 1. The first-order valence-corrected chi connectivity index (χ1v) is 12.2. The Kier molecular flexibility index (Phi) is 6.45. The topological polar surface area (TPSA) is 86.3 Å². The molecule has 0 unspecified atom stereocenters. The van der Waals surface area contributed by atoms with E-state index in [1.54, 1.807) is 19.5 Å². The quantitative estimate of drug-likeness (QED) is 0.404. The molecule has 176 valence electrons. The van der Waals surface area contributed by atoms with Crippen LogP contribution in [0.15, 0.2) is 59.0 Å². The molecule has 0 saturated carbocycles. The molecule has 0 spiro atoms. The van der Waals surface area contributed by atoms with Gasteiger partial charge in [0.2, 0.25) is 0 Å². The van der Waals surface area contributed by atoms with Gasteiger partial charge in [0.15, 0.2) is 0 Å². The second-order valence-corrected chi connectivity index (χ2v) is 9.58. The third-order valence-corrected chi connectivity index (χ3v) is 7.61. The Labute approximate surface area is 201 Å². The summed E-state index contributed by atoms with van der Waals surface area (Å²) >= 11 is 1.41. The lowest BCUT2D eigenvalue weighted by Gasteiger charge is -2.16. The Morgan fingerprint density at radius 2 is 1.97 bits per heavy atom. The maximum atomic E-state index is 12.8. The van der Waals surface area contributed by atoms with Crippen molar-refractivity contribution in [3.8, 4) is 17.1 Å². The second kappa shape index (κ2) is 9.66. The van der Waals surface area contributed by atoms with Crippen molar-refractivity contribution in [1.82, 2.24) is 15.0 Å². The minimum atomic E-state index is -0.144. The van der Waals surface area contributed by atoms with Gasteiger partial charge >= 0.3 is 0 Å². The van der Waals surface area contributed by atoms with Crippen molar-refractivity contribution < 1.29 is 14.2 Å². The number of pyridine rings is 1. The summed E-state index contributed by atoms with van der Waals surface area (Å²) in [6.07, 6.45) is 3.22. The maximum Gasteiger partial charge on any atom is 0.269 e. The lowest BCUT2D eigenvalue weighted by molar-refractivity contribution is -0.0309. The van der Waals surface area contributed by atoms with Gasteiger partial charge < -0.3 is 19.2 Å². The first-order valence-electron chi connectivity index (χ1n) is 11.3. The second-order valence-electron chi connectivity index (χ2n) is 8.70. The summed E-state index contributed by atoms with van der Waals surface area (Å²) < 4.78 is 18.3. The van der Waals surface area contributed by atoms with E-state index in [9.17, 15) is 4.79 Å². The van der Waals surface area contributed by atoms with Crippen molar-refractivity contribution in [2.24, 2.45) is 11.8 Å². The van der Waals surface area contributed by atoms with Crippen molar-refractivity contribution in [2.75, 3.05) is 13.7 Å². The molecule has 3 aromatic heterocycles. The molecule has 0 amide bonds. The molecule has 1 aromatic carbocycles. The monoisotopic (exact) mass is 477 g/mol. The van der Waals surface area contributed by atoms with Gasteiger partial charge in [-0.05, 0) is 47.0 Å². The summed E-state index contributed by atoms with van der Waals surface area (Å²) in [5.74, 6) is 1.91. The normalized spacial score (nSPS) is 22.3. The van der Waals surface area contributed by atoms with E-state index < -0.39 is 0 Å². The summed E-state index contributed by atoms with van der Waals surface area (Å²) in [7, 11) is 1.66. The van der Waals surface area contributed by atoms with Gasteiger partial charge in [-0.2, -0.15) is 0 Å². The summed E-state index contributed by atoms with van der Waals surface area (Å²) in [5.41, 5.74) is 3.39. The summed E-state index contributed by atoms with van der Waals surface area (Å²) in [6.45, 7) is 5.41. The van der Waals surface area contributed by atoms with E-state index in [1.165, 1.54) is 11.3 Å². The van der Waals surface area contributed by atoms with Crippen molar-refractivity contribution in [3.63, 3.8) is 0 Å². The van der Waals surface area contributed by atoms with Crippen LogP contribution in [-0.2, 0) is 16.1 Å². The lowest BCUT2D eigenvalue weighted by Crippen LogP contribution is -2.22. The van der Waals surface area contributed by atoms with Crippen LogP contribution in [0.5, 0.6) is 5.75 Å². The fourth-order valence-electron chi connectivity index (χ4n) is 4.40. The molecule has 1 aliphatic heterocycles. The van der Waals surface area contributed by atoms with Gasteiger partial charge in [0.25, 0.3) is 5.56 Å². The van der Waals surface area contributed by atoms with Crippen molar-refractivity contribution in [2.45, 2.75) is 32.7 Å². The number of fused-ring (bicyclic) bond motifs is 1. The van der Waals surface area contributed by atoms with Crippen LogP contribution < -0.4 is 10.3 Å². The Hall–Kier alpha value is -3.07. The molecule has 1 N–H and O–H groups in total. The molecule has 1 aliphatic rings. The number of hydrogen-bond acceptors (Lipinski definition) is 7. The van der Waals surface area contributed by atoms with Crippen molar-refractivity contribution in [3.05, 3.63) is 75.7 Å². The van der Waals surface area contributed by atoms with Gasteiger partial charge in [-0.25, -0.2) is 4.98 Å². The fourth-order valence-corrected chi connectivity index (χ4v) is 5.32. The molecule has 4 aromatic rings. The van der Waals surface area contributed by atoms with Crippen LogP contribution in [0.1, 0.15) is 31.1 Å². The van der Waals surface area contributed by atoms with Crippen LogP contribution in [0.3, 0.4) is 0 Å². The number of thiophene rings is 1. The molecule has 4 atom stereocenters. The zero-order valence-electron chi connectivity index (χ0n) is 19.4. The Bertz CT molecular complexity index is 1320. The summed E-state index contributed by atoms with van der Waals surface area (Å²) in [6, 6.07) is 11.6. The average Bonchev–Trinajstić information content (AvgIpc) is 3.41. The molecule has 0 aliphatic carbocycles. The number of hydrogen-bond donors (Lipinski definition) is 1. The molecule has 4 heterocycles. The third-order valence-electron chi connectivity index (χ3n) is 6.62. The largest absolute Gasteiger partial charge is 0.497 e. The van der Waals surface area contributed by atoms with Crippen LogP contribution in [0, 0.1) is 11.8 Å². The van der Waals surface area contributed by atoms with E-state index in [0.29, 0.717) is 35.2 Å². The number of H-pyrrole nitrogens is 1. The van der Waals surface area contributed by atoms with Crippen LogP contribution >= 0.6 is 11.3 Å². The predicted molar refractivity (Wildman–Crippen MR) is 132 cm³/mol. The number of aromatic nitrogens is 3. The standard InChI is InChI=1S/C26H27N3O4S/c1-15-16(2)23(33-21(15)13-32-12-17-6-8-19(31-3)9-7-17)20-14-34-24-22(20)28-25(29-26(24)30)18-5-4-10-27-11-18/h4-11,14-16,21,23H,12-13H2,1-3H3,(H,28,29,30)/t15-,16+,21+,23+/m0/s1. The molecule has 8 heteroatoms. The molecule has 1 saturated heterocycles. The van der Waals surface area contributed by atoms with Gasteiger partial charge in [-0.3, -0.25) is 9.78 Å². The highest BCUT2D eigenvalue weighted by molar-refractivity contribution is 7.17. The highest BCUT2D eigenvalue weighted by atomic mass is 32.1. The molecule has 0 bridgehead atoms. The third kappa shape index (κ3) is 4.36. The molecular formula is C26H27N3O4S. The number of aromatic amines is 1. The van der Waals surface area contributed by atoms with E-state index in [0.717, 1.165) is 22.4 Å². The van der Waals surface area contributed by atoms with Crippen LogP contribution in [0.25, 0.3) is 21.6 Å². The van der Waals surface area contributed by atoms with Crippen LogP contribution in [0.2, 0.25) is 0 Å². The highest BCUT2D eigenvalue weighted by Gasteiger charge is 2.41. The van der Waals surface area contributed by atoms with E-state index in [-0.39, 0.29) is 23.7 Å². The number of benzene rings is 1. The molecule has 1 fully saturated rings. The molecule has 0 radical (unpaired) electrons. The Morgan fingerprint density at radius 1 is 1.15 bits per heavy atom. The van der Waals surface area contributed by atoms with E-state index in [2.05, 4.69) is 23.8 Å². The van der Waals surface area contributed by atoms with Gasteiger partial charge in [0.1, 0.15) is 16.3 Å². The Balaban J connectivity index is 1.34. The minimum Gasteiger partial charge on any atom is -0.497 e. The van der Waals surface area contributed by atoms with Crippen LogP contribution in [-0.4, -0.2) is 34.8 Å². The van der Waals surface area contributed by atoms with Gasteiger partial charge in [0.05, 0.1) is 38.0 Å². The van der Waals surface area contributed by atoms with Crippen molar-refractivity contribution >= 4 is 21.6 Å². The SMILES string of the molecule is COc1ccc(COC[C@H]2O[C@@H](c3csc4c(=O)[nH]c(-c5cccnc5)nc34)[C@H](C)[C@@H]2C)cc1. The first-order chi connectivity index (χ1) is 16.5. The minimum absolute atomic E-state index is 0.0343. The average molecular weight is 478 g/mol. The molecule has 5 rings (SSSR count). The van der Waals surface area contributed by atoms with Gasteiger partial charge in [-0.15, -0.1) is 11.3 Å². The van der Waals surface area contributed by atoms with E-state index >= 15 is 0 Å². The van der Waals surface area contributed by atoms with E-state index in [1.807, 2.05) is 41.8 Å². The van der Waals surface area contributed by atoms with Crippen LogP contribution in [0.4, 0.5) is 0 Å². The first kappa shape index (κ1) is 22.7. The zero-order chi connectivity index (χ0) is 23.7. The number of nitrogens with one attached hydrogen (secondary N) is 1. The van der Waals surface area contributed by atoms with Gasteiger partial charge in [-0.1, -0.05) is 26.0 Å². The van der Waals surface area contributed by atoms with Crippen molar-refractivity contribution in [1.29, 1.82) is 0 Å². The molecule has 34 heavy (non-hydrogen) atoms. The smallest absolute Gasteiger partial charge is 0.269 e. The summed E-state index contributed by atoms with van der Waals surface area (Å²) in [4.78, 5) is 24.6.